The molecule has 1 aromatic rings. The number of aromatic nitrogens is 2. The third-order valence-electron chi connectivity index (χ3n) is 4.19. The molecule has 5 nitrogen and oxygen atoms in total. The van der Waals surface area contributed by atoms with E-state index in [1.807, 2.05) is 6.20 Å². The molecule has 0 bridgehead atoms. The average Bonchev–Trinajstić information content (AvgIpc) is 2.85. The monoisotopic (exact) mass is 249 g/mol. The number of piperidine rings is 1. The van der Waals surface area contributed by atoms with Gasteiger partial charge in [0.15, 0.2) is 0 Å². The van der Waals surface area contributed by atoms with Crippen molar-refractivity contribution in [2.24, 2.45) is 5.73 Å². The number of nitrogens with two attached hydrogens (primary N) is 1. The molecule has 0 atom stereocenters. The molecule has 0 aliphatic carbocycles. The molecule has 0 spiro atoms. The zero-order valence-electron chi connectivity index (χ0n) is 11.0. The van der Waals surface area contributed by atoms with E-state index < -0.39 is 0 Å². The molecule has 0 amide bonds. The third-order valence-corrected chi connectivity index (χ3v) is 4.19. The number of nitrogens with zero attached hydrogens (tertiary/aromatic N) is 4. The second kappa shape index (κ2) is 5.38. The quantitative estimate of drug-likeness (QED) is 0.827. The van der Waals surface area contributed by atoms with Crippen LogP contribution in [0.4, 0.5) is 0 Å². The normalized spacial score (nSPS) is 23.2. The van der Waals surface area contributed by atoms with Crippen LogP contribution in [0.25, 0.3) is 0 Å². The molecule has 1 aromatic heterocycles. The van der Waals surface area contributed by atoms with E-state index in [0.717, 1.165) is 39.0 Å². The highest BCUT2D eigenvalue weighted by atomic mass is 15.3. The zero-order valence-corrected chi connectivity index (χ0v) is 11.0. The van der Waals surface area contributed by atoms with Crippen LogP contribution < -0.4 is 5.73 Å². The standard InChI is InChI=1S/C13H23N5/c14-12-1-4-16(5-2-12)7-8-17-9-10-18-6-3-15-13(18)11-17/h3,6,12H,1-2,4-5,7-11,14H2. The van der Waals surface area contributed by atoms with Crippen molar-refractivity contribution in [2.45, 2.75) is 32.0 Å². The lowest BCUT2D eigenvalue weighted by atomic mass is 10.1. The van der Waals surface area contributed by atoms with Crippen LogP contribution in [0.15, 0.2) is 12.4 Å². The maximum Gasteiger partial charge on any atom is 0.122 e. The van der Waals surface area contributed by atoms with E-state index in [4.69, 9.17) is 5.73 Å². The Hall–Kier alpha value is -0.910. The lowest BCUT2D eigenvalue weighted by molar-refractivity contribution is 0.154. The summed E-state index contributed by atoms with van der Waals surface area (Å²) in [5.41, 5.74) is 5.93. The first-order chi connectivity index (χ1) is 8.81. The summed E-state index contributed by atoms with van der Waals surface area (Å²) in [7, 11) is 0. The van der Waals surface area contributed by atoms with Crippen LogP contribution in [0.2, 0.25) is 0 Å². The van der Waals surface area contributed by atoms with Crippen LogP contribution in [0.1, 0.15) is 18.7 Å². The number of hydrogen-bond donors (Lipinski definition) is 1. The lowest BCUT2D eigenvalue weighted by Crippen LogP contribution is -2.44. The second-order valence-electron chi connectivity index (χ2n) is 5.49. The lowest BCUT2D eigenvalue weighted by Gasteiger charge is -2.33. The number of hydrogen-bond acceptors (Lipinski definition) is 4. The largest absolute Gasteiger partial charge is 0.333 e. The maximum absolute atomic E-state index is 5.93. The summed E-state index contributed by atoms with van der Waals surface area (Å²) in [5, 5.41) is 0. The van der Waals surface area contributed by atoms with E-state index in [1.54, 1.807) is 0 Å². The van der Waals surface area contributed by atoms with Crippen LogP contribution in [-0.4, -0.2) is 58.1 Å². The summed E-state index contributed by atoms with van der Waals surface area (Å²) in [6.07, 6.45) is 6.30. The Bertz CT molecular complexity index is 380. The molecule has 2 aliphatic heterocycles. The summed E-state index contributed by atoms with van der Waals surface area (Å²) in [6, 6.07) is 0.434. The fraction of sp³-hybridized carbons (Fsp3) is 0.769. The van der Waals surface area contributed by atoms with E-state index in [2.05, 4.69) is 25.5 Å². The van der Waals surface area contributed by atoms with Gasteiger partial charge in [-0.25, -0.2) is 4.98 Å². The van der Waals surface area contributed by atoms with Gasteiger partial charge in [0, 0.05) is 44.6 Å². The van der Waals surface area contributed by atoms with Crippen LogP contribution in [0.3, 0.4) is 0 Å². The van der Waals surface area contributed by atoms with Crippen molar-refractivity contribution in [3.63, 3.8) is 0 Å². The smallest absolute Gasteiger partial charge is 0.122 e. The number of likely N-dealkylation sites (tertiary alicyclic amines) is 1. The molecule has 0 unspecified atom stereocenters. The Morgan fingerprint density at radius 2 is 1.89 bits per heavy atom. The van der Waals surface area contributed by atoms with Crippen molar-refractivity contribution < 1.29 is 0 Å². The molecule has 0 radical (unpaired) electrons. The van der Waals surface area contributed by atoms with Crippen LogP contribution in [0.5, 0.6) is 0 Å². The Balaban J connectivity index is 1.44. The van der Waals surface area contributed by atoms with Crippen molar-refractivity contribution in [3.05, 3.63) is 18.2 Å². The van der Waals surface area contributed by atoms with Gasteiger partial charge in [-0.15, -0.1) is 0 Å². The summed E-state index contributed by atoms with van der Waals surface area (Å²) in [5.74, 6) is 1.21. The van der Waals surface area contributed by atoms with Crippen LogP contribution >= 0.6 is 0 Å². The van der Waals surface area contributed by atoms with Crippen molar-refractivity contribution in [1.82, 2.24) is 19.4 Å². The van der Waals surface area contributed by atoms with Crippen LogP contribution in [-0.2, 0) is 13.1 Å². The highest BCUT2D eigenvalue weighted by Gasteiger charge is 2.19. The van der Waals surface area contributed by atoms with E-state index in [9.17, 15) is 0 Å². The first-order valence-electron chi connectivity index (χ1n) is 7.01. The van der Waals surface area contributed by atoms with Gasteiger partial charge in [-0.1, -0.05) is 0 Å². The topological polar surface area (TPSA) is 50.3 Å². The Morgan fingerprint density at radius 1 is 1.11 bits per heavy atom. The van der Waals surface area contributed by atoms with Gasteiger partial charge in [-0.05, 0) is 25.9 Å². The average molecular weight is 249 g/mol. The first kappa shape index (κ1) is 12.1. The van der Waals surface area contributed by atoms with Gasteiger partial charge in [0.25, 0.3) is 0 Å². The number of rotatable bonds is 3. The molecule has 18 heavy (non-hydrogen) atoms. The Morgan fingerprint density at radius 3 is 2.72 bits per heavy atom. The molecule has 0 aromatic carbocycles. The highest BCUT2D eigenvalue weighted by Crippen LogP contribution is 2.11. The summed E-state index contributed by atoms with van der Waals surface area (Å²) in [4.78, 5) is 9.46. The summed E-state index contributed by atoms with van der Waals surface area (Å²) < 4.78 is 2.26. The Kier molecular flexibility index (Phi) is 3.63. The fourth-order valence-corrected chi connectivity index (χ4v) is 2.87. The molecule has 2 N–H and O–H groups in total. The van der Waals surface area contributed by atoms with E-state index in [-0.39, 0.29) is 0 Å². The van der Waals surface area contributed by atoms with Gasteiger partial charge in [-0.3, -0.25) is 4.90 Å². The van der Waals surface area contributed by atoms with Crippen molar-refractivity contribution in [3.8, 4) is 0 Å². The van der Waals surface area contributed by atoms with Crippen molar-refractivity contribution in [1.29, 1.82) is 0 Å². The fourth-order valence-electron chi connectivity index (χ4n) is 2.87. The Labute approximate surface area is 109 Å². The molecular formula is C13H23N5. The van der Waals surface area contributed by atoms with E-state index >= 15 is 0 Å². The number of fused-ring (bicyclic) bond motifs is 1. The minimum atomic E-state index is 0.434. The molecule has 5 heteroatoms. The van der Waals surface area contributed by atoms with E-state index in [1.165, 1.54) is 25.5 Å². The van der Waals surface area contributed by atoms with Gasteiger partial charge >= 0.3 is 0 Å². The molecule has 100 valence electrons. The maximum atomic E-state index is 5.93. The molecule has 2 aliphatic rings. The highest BCUT2D eigenvalue weighted by molar-refractivity contribution is 4.95. The summed E-state index contributed by atoms with van der Waals surface area (Å²) in [6.45, 7) is 7.90. The van der Waals surface area contributed by atoms with Gasteiger partial charge < -0.3 is 15.2 Å². The second-order valence-corrected chi connectivity index (χ2v) is 5.49. The van der Waals surface area contributed by atoms with Gasteiger partial charge in [-0.2, -0.15) is 0 Å². The van der Waals surface area contributed by atoms with E-state index in [0.29, 0.717) is 6.04 Å². The first-order valence-corrected chi connectivity index (χ1v) is 7.01. The molecule has 0 saturated carbocycles. The summed E-state index contributed by atoms with van der Waals surface area (Å²) >= 11 is 0. The molecule has 1 fully saturated rings. The minimum absolute atomic E-state index is 0.434. The van der Waals surface area contributed by atoms with Gasteiger partial charge in [0.1, 0.15) is 5.82 Å². The molecule has 3 heterocycles. The van der Waals surface area contributed by atoms with Gasteiger partial charge in [0.2, 0.25) is 0 Å². The minimum Gasteiger partial charge on any atom is -0.333 e. The zero-order chi connectivity index (χ0) is 12.4. The predicted octanol–water partition coefficient (Wildman–Crippen LogP) is 0.122. The van der Waals surface area contributed by atoms with Crippen molar-refractivity contribution >= 4 is 0 Å². The third kappa shape index (κ3) is 2.74. The van der Waals surface area contributed by atoms with Crippen molar-refractivity contribution in [2.75, 3.05) is 32.7 Å². The SMILES string of the molecule is NC1CCN(CCN2CCn3ccnc3C2)CC1. The molecule has 1 saturated heterocycles. The molecular weight excluding hydrogens is 226 g/mol. The van der Waals surface area contributed by atoms with Crippen LogP contribution in [0, 0.1) is 0 Å². The van der Waals surface area contributed by atoms with Gasteiger partial charge in [0.05, 0.1) is 6.54 Å². The number of imidazole rings is 1. The predicted molar refractivity (Wildman–Crippen MR) is 71.2 cm³/mol. The molecule has 3 rings (SSSR count).